The molecule has 1 heterocycles. The Labute approximate surface area is 123 Å². The fraction of sp³-hybridized carbons (Fsp3) is 0.278. The van der Waals surface area contributed by atoms with Crippen LogP contribution in [0.25, 0.3) is 21.7 Å². The van der Waals surface area contributed by atoms with E-state index < -0.39 is 0 Å². The average molecular weight is 282 g/mol. The van der Waals surface area contributed by atoms with Crippen molar-refractivity contribution >= 4 is 21.7 Å². The summed E-state index contributed by atoms with van der Waals surface area (Å²) in [4.78, 5) is 12.2. The molecule has 0 aliphatic carbocycles. The molecular weight excluding hydrogens is 264 g/mol. The molecule has 0 fully saturated rings. The Morgan fingerprint density at radius 2 is 1.86 bits per heavy atom. The zero-order valence-corrected chi connectivity index (χ0v) is 12.3. The Balaban J connectivity index is 2.13. The third-order valence-corrected chi connectivity index (χ3v) is 3.61. The molecule has 21 heavy (non-hydrogen) atoms. The number of rotatable bonds is 4. The summed E-state index contributed by atoms with van der Waals surface area (Å²) in [6.45, 7) is 4.76. The maximum absolute atomic E-state index is 12.2. The van der Waals surface area contributed by atoms with Crippen molar-refractivity contribution in [2.75, 3.05) is 6.61 Å². The predicted octanol–water partition coefficient (Wildman–Crippen LogP) is 4.43. The van der Waals surface area contributed by atoms with Gasteiger partial charge in [0, 0.05) is 10.8 Å². The van der Waals surface area contributed by atoms with E-state index in [1.54, 1.807) is 6.07 Å². The van der Waals surface area contributed by atoms with Crippen LogP contribution in [-0.4, -0.2) is 6.61 Å². The molecule has 3 nitrogen and oxygen atoms in total. The van der Waals surface area contributed by atoms with Crippen molar-refractivity contribution < 1.29 is 9.15 Å². The van der Waals surface area contributed by atoms with Crippen LogP contribution in [-0.2, 0) is 0 Å². The summed E-state index contributed by atoms with van der Waals surface area (Å²) in [5.74, 6) is 0.717. The van der Waals surface area contributed by atoms with Gasteiger partial charge in [-0.25, -0.2) is 4.79 Å². The van der Waals surface area contributed by atoms with Gasteiger partial charge in [-0.3, -0.25) is 0 Å². The number of unbranched alkanes of at least 4 members (excludes halogenated alkanes) is 1. The lowest BCUT2D eigenvalue weighted by Crippen LogP contribution is -2.02. The van der Waals surface area contributed by atoms with Crippen LogP contribution < -0.4 is 10.4 Å². The van der Waals surface area contributed by atoms with E-state index in [0.29, 0.717) is 17.6 Å². The van der Waals surface area contributed by atoms with Crippen molar-refractivity contribution in [1.29, 1.82) is 0 Å². The van der Waals surface area contributed by atoms with Gasteiger partial charge in [-0.05, 0) is 43.2 Å². The highest BCUT2D eigenvalue weighted by atomic mass is 16.5. The largest absolute Gasteiger partial charge is 0.494 e. The molecule has 108 valence electrons. The topological polar surface area (TPSA) is 39.4 Å². The lowest BCUT2D eigenvalue weighted by molar-refractivity contribution is 0.309. The fourth-order valence-electron chi connectivity index (χ4n) is 2.44. The maximum atomic E-state index is 12.2. The molecule has 0 amide bonds. The Hall–Kier alpha value is -2.29. The molecule has 0 N–H and O–H groups in total. The first-order valence-electron chi connectivity index (χ1n) is 7.29. The van der Waals surface area contributed by atoms with E-state index in [1.807, 2.05) is 37.3 Å². The fourth-order valence-corrected chi connectivity index (χ4v) is 2.44. The Bertz CT molecular complexity index is 846. The number of hydrogen-bond acceptors (Lipinski definition) is 3. The number of hydrogen-bond donors (Lipinski definition) is 0. The zero-order chi connectivity index (χ0) is 14.8. The van der Waals surface area contributed by atoms with Crippen molar-refractivity contribution in [3.05, 3.63) is 52.4 Å². The van der Waals surface area contributed by atoms with Gasteiger partial charge in [-0.2, -0.15) is 0 Å². The molecule has 3 heteroatoms. The quantitative estimate of drug-likeness (QED) is 0.403. The van der Waals surface area contributed by atoms with Gasteiger partial charge in [0.15, 0.2) is 0 Å². The van der Waals surface area contributed by atoms with Gasteiger partial charge in [0.25, 0.3) is 0 Å². The van der Waals surface area contributed by atoms with Crippen molar-refractivity contribution in [3.8, 4) is 5.75 Å². The van der Waals surface area contributed by atoms with E-state index in [2.05, 4.69) is 6.92 Å². The Morgan fingerprint density at radius 1 is 1.05 bits per heavy atom. The van der Waals surface area contributed by atoms with E-state index in [-0.39, 0.29) is 5.63 Å². The van der Waals surface area contributed by atoms with Gasteiger partial charge < -0.3 is 9.15 Å². The molecule has 0 atom stereocenters. The zero-order valence-electron chi connectivity index (χ0n) is 12.3. The van der Waals surface area contributed by atoms with E-state index >= 15 is 0 Å². The predicted molar refractivity (Wildman–Crippen MR) is 85.1 cm³/mol. The normalized spacial score (nSPS) is 11.1. The number of benzene rings is 2. The minimum Gasteiger partial charge on any atom is -0.494 e. The lowest BCUT2D eigenvalue weighted by atomic mass is 10.1. The average Bonchev–Trinajstić information content (AvgIpc) is 2.47. The van der Waals surface area contributed by atoms with Crippen LogP contribution in [0.15, 0.2) is 45.6 Å². The first-order chi connectivity index (χ1) is 10.2. The van der Waals surface area contributed by atoms with Crippen molar-refractivity contribution in [2.45, 2.75) is 26.7 Å². The van der Waals surface area contributed by atoms with Gasteiger partial charge in [0.05, 0.1) is 12.0 Å². The second-order valence-corrected chi connectivity index (χ2v) is 5.30. The maximum Gasteiger partial charge on any atom is 0.344 e. The van der Waals surface area contributed by atoms with Crippen LogP contribution in [0.4, 0.5) is 0 Å². The van der Waals surface area contributed by atoms with Gasteiger partial charge in [0.2, 0.25) is 0 Å². The SMILES string of the molecule is CCCCOc1ccc2c(c1)c(=O)oc1cc(C)ccc12. The standard InChI is InChI=1S/C18H18O3/c1-3-4-9-20-13-6-8-14-15-7-5-12(2)10-17(15)21-18(19)16(14)11-13/h5-8,10-11H,3-4,9H2,1-2H3. The molecule has 3 rings (SSSR count). The summed E-state index contributed by atoms with van der Waals surface area (Å²) in [6.07, 6.45) is 2.09. The molecule has 0 spiro atoms. The summed E-state index contributed by atoms with van der Waals surface area (Å²) in [6, 6.07) is 11.5. The summed E-state index contributed by atoms with van der Waals surface area (Å²) in [7, 11) is 0. The Morgan fingerprint density at radius 3 is 2.67 bits per heavy atom. The highest BCUT2D eigenvalue weighted by Gasteiger charge is 2.08. The second-order valence-electron chi connectivity index (χ2n) is 5.30. The summed E-state index contributed by atoms with van der Waals surface area (Å²) < 4.78 is 11.1. The summed E-state index contributed by atoms with van der Waals surface area (Å²) in [5, 5.41) is 2.43. The van der Waals surface area contributed by atoms with E-state index in [9.17, 15) is 4.79 Å². The third-order valence-electron chi connectivity index (χ3n) is 3.61. The van der Waals surface area contributed by atoms with Gasteiger partial charge in [0.1, 0.15) is 11.3 Å². The first kappa shape index (κ1) is 13.7. The Kier molecular flexibility index (Phi) is 3.65. The number of aryl methyl sites for hydroxylation is 1. The molecule has 0 bridgehead atoms. The minimum atomic E-state index is -0.316. The number of fused-ring (bicyclic) bond motifs is 3. The van der Waals surface area contributed by atoms with E-state index in [4.69, 9.17) is 9.15 Å². The molecule has 0 unspecified atom stereocenters. The molecule has 3 aromatic rings. The molecular formula is C18H18O3. The number of ether oxygens (including phenoxy) is 1. The summed E-state index contributed by atoms with van der Waals surface area (Å²) >= 11 is 0. The van der Waals surface area contributed by atoms with E-state index in [1.165, 1.54) is 0 Å². The van der Waals surface area contributed by atoms with Gasteiger partial charge >= 0.3 is 5.63 Å². The van der Waals surface area contributed by atoms with Crippen LogP contribution in [0, 0.1) is 6.92 Å². The van der Waals surface area contributed by atoms with Gasteiger partial charge in [-0.1, -0.05) is 25.5 Å². The minimum absolute atomic E-state index is 0.316. The van der Waals surface area contributed by atoms with Gasteiger partial charge in [-0.15, -0.1) is 0 Å². The third kappa shape index (κ3) is 2.64. The highest BCUT2D eigenvalue weighted by molar-refractivity contribution is 6.04. The lowest BCUT2D eigenvalue weighted by Gasteiger charge is -2.07. The monoisotopic (exact) mass is 282 g/mol. The smallest absolute Gasteiger partial charge is 0.344 e. The van der Waals surface area contributed by atoms with Crippen molar-refractivity contribution in [2.24, 2.45) is 0 Å². The van der Waals surface area contributed by atoms with Crippen molar-refractivity contribution in [3.63, 3.8) is 0 Å². The molecule has 0 aliphatic heterocycles. The first-order valence-corrected chi connectivity index (χ1v) is 7.29. The highest BCUT2D eigenvalue weighted by Crippen LogP contribution is 2.26. The van der Waals surface area contributed by atoms with Crippen molar-refractivity contribution in [1.82, 2.24) is 0 Å². The van der Waals surface area contributed by atoms with Crippen LogP contribution in [0.5, 0.6) is 5.75 Å². The summed E-state index contributed by atoms with van der Waals surface area (Å²) in [5.41, 5.74) is 1.39. The molecule has 0 aliphatic rings. The second kappa shape index (κ2) is 5.60. The van der Waals surface area contributed by atoms with Crippen LogP contribution in [0.1, 0.15) is 25.3 Å². The van der Waals surface area contributed by atoms with Crippen LogP contribution >= 0.6 is 0 Å². The molecule has 1 aromatic heterocycles. The molecule has 2 aromatic carbocycles. The molecule has 0 radical (unpaired) electrons. The molecule has 0 saturated carbocycles. The molecule has 0 saturated heterocycles. The van der Waals surface area contributed by atoms with Crippen LogP contribution in [0.3, 0.4) is 0 Å². The van der Waals surface area contributed by atoms with E-state index in [0.717, 1.165) is 34.9 Å². The van der Waals surface area contributed by atoms with Crippen LogP contribution in [0.2, 0.25) is 0 Å².